The van der Waals surface area contributed by atoms with Gasteiger partial charge in [0.25, 0.3) is 5.69 Å². The fourth-order valence-electron chi connectivity index (χ4n) is 2.89. The van der Waals surface area contributed by atoms with Crippen LogP contribution in [0.4, 0.5) is 11.4 Å². The zero-order chi connectivity index (χ0) is 18.0. The SMILES string of the molecule is Cc1c([N+](=O)[O-])ccc(CO)c1NC(=O)Cc1c[nH]c2ccccc12. The zero-order valence-electron chi connectivity index (χ0n) is 13.6. The van der Waals surface area contributed by atoms with Gasteiger partial charge in [-0.15, -0.1) is 0 Å². The van der Waals surface area contributed by atoms with Gasteiger partial charge >= 0.3 is 0 Å². The average molecular weight is 339 g/mol. The fourth-order valence-corrected chi connectivity index (χ4v) is 2.89. The summed E-state index contributed by atoms with van der Waals surface area (Å²) in [6.07, 6.45) is 1.90. The van der Waals surface area contributed by atoms with Gasteiger partial charge in [0.15, 0.2) is 0 Å². The summed E-state index contributed by atoms with van der Waals surface area (Å²) in [5.74, 6) is -0.303. The number of anilines is 1. The van der Waals surface area contributed by atoms with Crippen molar-refractivity contribution in [2.24, 2.45) is 0 Å². The van der Waals surface area contributed by atoms with Gasteiger partial charge in [-0.3, -0.25) is 14.9 Å². The minimum absolute atomic E-state index is 0.0976. The Hall–Kier alpha value is -3.19. The lowest BCUT2D eigenvalue weighted by molar-refractivity contribution is -0.385. The van der Waals surface area contributed by atoms with Crippen molar-refractivity contribution >= 4 is 28.2 Å². The maximum absolute atomic E-state index is 12.4. The van der Waals surface area contributed by atoms with Gasteiger partial charge < -0.3 is 15.4 Å². The first kappa shape index (κ1) is 16.7. The summed E-state index contributed by atoms with van der Waals surface area (Å²) >= 11 is 0. The maximum Gasteiger partial charge on any atom is 0.274 e. The third-order valence-corrected chi connectivity index (χ3v) is 4.18. The van der Waals surface area contributed by atoms with E-state index in [0.29, 0.717) is 16.8 Å². The average Bonchev–Trinajstić information content (AvgIpc) is 2.99. The van der Waals surface area contributed by atoms with Crippen LogP contribution in [-0.2, 0) is 17.8 Å². The number of carbonyl (C=O) groups excluding carboxylic acids is 1. The van der Waals surface area contributed by atoms with Crippen molar-refractivity contribution in [2.75, 3.05) is 5.32 Å². The van der Waals surface area contributed by atoms with Gasteiger partial charge in [0.1, 0.15) is 0 Å². The number of benzene rings is 2. The zero-order valence-corrected chi connectivity index (χ0v) is 13.6. The van der Waals surface area contributed by atoms with Crippen molar-refractivity contribution in [1.82, 2.24) is 4.98 Å². The van der Waals surface area contributed by atoms with Crippen LogP contribution in [0.5, 0.6) is 0 Å². The van der Waals surface area contributed by atoms with Crippen molar-refractivity contribution in [3.8, 4) is 0 Å². The molecule has 1 amide bonds. The normalized spacial score (nSPS) is 10.8. The molecule has 0 spiro atoms. The summed E-state index contributed by atoms with van der Waals surface area (Å²) in [6, 6.07) is 10.4. The van der Waals surface area contributed by atoms with E-state index in [9.17, 15) is 20.0 Å². The molecule has 0 bridgehead atoms. The number of aromatic nitrogens is 1. The molecule has 0 saturated heterocycles. The van der Waals surface area contributed by atoms with E-state index < -0.39 is 4.92 Å². The highest BCUT2D eigenvalue weighted by atomic mass is 16.6. The van der Waals surface area contributed by atoms with Gasteiger partial charge in [-0.25, -0.2) is 0 Å². The number of nitro benzene ring substituents is 1. The number of hydrogen-bond acceptors (Lipinski definition) is 4. The van der Waals surface area contributed by atoms with Gasteiger partial charge in [0.2, 0.25) is 5.91 Å². The Kier molecular flexibility index (Phi) is 4.49. The van der Waals surface area contributed by atoms with Crippen molar-refractivity contribution in [3.05, 3.63) is 69.4 Å². The van der Waals surface area contributed by atoms with Crippen LogP contribution < -0.4 is 5.32 Å². The van der Waals surface area contributed by atoms with E-state index in [1.807, 2.05) is 24.3 Å². The Morgan fingerprint density at radius 1 is 1.24 bits per heavy atom. The number of aliphatic hydroxyl groups excluding tert-OH is 1. The van der Waals surface area contributed by atoms with Gasteiger partial charge in [0, 0.05) is 28.7 Å². The second kappa shape index (κ2) is 6.74. The predicted molar refractivity (Wildman–Crippen MR) is 94.4 cm³/mol. The van der Waals surface area contributed by atoms with Crippen LogP contribution >= 0.6 is 0 Å². The van der Waals surface area contributed by atoms with E-state index in [1.54, 1.807) is 13.1 Å². The number of nitrogens with one attached hydrogen (secondary N) is 2. The molecule has 0 radical (unpaired) electrons. The van der Waals surface area contributed by atoms with Crippen LogP contribution in [0.3, 0.4) is 0 Å². The Labute approximate surface area is 143 Å². The minimum Gasteiger partial charge on any atom is -0.392 e. The van der Waals surface area contributed by atoms with Crippen LogP contribution in [-0.4, -0.2) is 20.9 Å². The molecule has 7 heteroatoms. The molecule has 0 aliphatic rings. The number of hydrogen-bond donors (Lipinski definition) is 3. The van der Waals surface area contributed by atoms with E-state index in [4.69, 9.17) is 0 Å². The summed E-state index contributed by atoms with van der Waals surface area (Å²) in [4.78, 5) is 26.1. The molecular weight excluding hydrogens is 322 g/mol. The summed E-state index contributed by atoms with van der Waals surface area (Å²) in [5.41, 5.74) is 2.73. The Morgan fingerprint density at radius 2 is 2.00 bits per heavy atom. The third kappa shape index (κ3) is 3.22. The molecule has 0 fully saturated rings. The van der Waals surface area contributed by atoms with E-state index in [-0.39, 0.29) is 24.6 Å². The number of amides is 1. The molecule has 0 saturated carbocycles. The monoisotopic (exact) mass is 339 g/mol. The molecule has 7 nitrogen and oxygen atoms in total. The first-order valence-electron chi connectivity index (χ1n) is 7.74. The second-order valence-corrected chi connectivity index (χ2v) is 5.74. The predicted octanol–water partition coefficient (Wildman–Crippen LogP) is 3.06. The molecule has 3 aromatic rings. The minimum atomic E-state index is -0.508. The van der Waals surface area contributed by atoms with Gasteiger partial charge in [0.05, 0.1) is 29.2 Å². The van der Waals surface area contributed by atoms with E-state index in [0.717, 1.165) is 16.5 Å². The van der Waals surface area contributed by atoms with Gasteiger partial charge in [-0.05, 0) is 24.6 Å². The summed E-state index contributed by atoms with van der Waals surface area (Å²) in [5, 5.41) is 24.2. The number of H-pyrrole nitrogens is 1. The molecule has 0 aliphatic heterocycles. The molecule has 25 heavy (non-hydrogen) atoms. The number of aliphatic hydroxyl groups is 1. The first-order chi connectivity index (χ1) is 12.0. The molecule has 3 rings (SSSR count). The lowest BCUT2D eigenvalue weighted by Gasteiger charge is -2.13. The third-order valence-electron chi connectivity index (χ3n) is 4.18. The van der Waals surface area contributed by atoms with E-state index >= 15 is 0 Å². The molecular formula is C18H17N3O4. The maximum atomic E-state index is 12.4. The lowest BCUT2D eigenvalue weighted by atomic mass is 10.1. The topological polar surface area (TPSA) is 108 Å². The van der Waals surface area contributed by atoms with E-state index in [2.05, 4.69) is 10.3 Å². The summed E-state index contributed by atoms with van der Waals surface area (Å²) < 4.78 is 0. The summed E-state index contributed by atoms with van der Waals surface area (Å²) in [7, 11) is 0. The van der Waals surface area contributed by atoms with Crippen molar-refractivity contribution in [3.63, 3.8) is 0 Å². The van der Waals surface area contributed by atoms with Crippen LogP contribution in [0, 0.1) is 17.0 Å². The fraction of sp³-hybridized carbons (Fsp3) is 0.167. The van der Waals surface area contributed by atoms with Gasteiger partial charge in [-0.1, -0.05) is 18.2 Å². The highest BCUT2D eigenvalue weighted by Crippen LogP contribution is 2.29. The molecule has 0 unspecified atom stereocenters. The lowest BCUT2D eigenvalue weighted by Crippen LogP contribution is -2.17. The molecule has 1 aromatic heterocycles. The Balaban J connectivity index is 1.88. The van der Waals surface area contributed by atoms with Crippen molar-refractivity contribution in [2.45, 2.75) is 20.0 Å². The number of nitrogens with zero attached hydrogens (tertiary/aromatic N) is 1. The van der Waals surface area contributed by atoms with Crippen LogP contribution in [0.15, 0.2) is 42.6 Å². The van der Waals surface area contributed by atoms with Crippen LogP contribution in [0.1, 0.15) is 16.7 Å². The Bertz CT molecular complexity index is 962. The molecule has 0 aliphatic carbocycles. The van der Waals surface area contributed by atoms with E-state index in [1.165, 1.54) is 12.1 Å². The highest BCUT2D eigenvalue weighted by molar-refractivity contribution is 5.97. The molecule has 0 atom stereocenters. The quantitative estimate of drug-likeness (QED) is 0.490. The largest absolute Gasteiger partial charge is 0.392 e. The number of nitro groups is 1. The number of para-hydroxylation sites is 1. The van der Waals surface area contributed by atoms with Crippen LogP contribution in [0.25, 0.3) is 10.9 Å². The van der Waals surface area contributed by atoms with Crippen LogP contribution in [0.2, 0.25) is 0 Å². The number of carbonyl (C=O) groups is 1. The summed E-state index contributed by atoms with van der Waals surface area (Å²) in [6.45, 7) is 1.24. The van der Waals surface area contributed by atoms with Crippen molar-refractivity contribution < 1.29 is 14.8 Å². The number of aromatic amines is 1. The molecule has 1 heterocycles. The van der Waals surface area contributed by atoms with Gasteiger partial charge in [-0.2, -0.15) is 0 Å². The smallest absolute Gasteiger partial charge is 0.274 e. The number of rotatable bonds is 5. The van der Waals surface area contributed by atoms with Crippen molar-refractivity contribution in [1.29, 1.82) is 0 Å². The highest BCUT2D eigenvalue weighted by Gasteiger charge is 2.19. The molecule has 2 aromatic carbocycles. The second-order valence-electron chi connectivity index (χ2n) is 5.74. The standard InChI is InChI=1S/C18H17N3O4/c1-11-16(21(24)25)7-6-12(10-22)18(11)20-17(23)8-13-9-19-15-5-3-2-4-14(13)15/h2-7,9,19,22H,8,10H2,1H3,(H,20,23). The Morgan fingerprint density at radius 3 is 2.72 bits per heavy atom. The first-order valence-corrected chi connectivity index (χ1v) is 7.74. The molecule has 128 valence electrons. The number of fused-ring (bicyclic) bond motifs is 1. The molecule has 3 N–H and O–H groups in total.